The van der Waals surface area contributed by atoms with Crippen LogP contribution in [0.25, 0.3) is 0 Å². The fraction of sp³-hybridized carbons (Fsp3) is 0.154. The highest BCUT2D eigenvalue weighted by Crippen LogP contribution is 2.29. The van der Waals surface area contributed by atoms with Gasteiger partial charge in [-0.1, -0.05) is 29.3 Å². The molecule has 0 atom stereocenters. The summed E-state index contributed by atoms with van der Waals surface area (Å²) in [6, 6.07) is 6.03. The quantitative estimate of drug-likeness (QED) is 0.659. The van der Waals surface area contributed by atoms with E-state index in [1.54, 1.807) is 19.9 Å². The Bertz CT molecular complexity index is 784. The van der Waals surface area contributed by atoms with Gasteiger partial charge in [-0.2, -0.15) is 0 Å². The number of benzene rings is 1. The van der Waals surface area contributed by atoms with E-state index in [0.29, 0.717) is 11.3 Å². The maximum absolute atomic E-state index is 12.4. The predicted octanol–water partition coefficient (Wildman–Crippen LogP) is 3.39. The Morgan fingerprint density at radius 2 is 1.81 bits per heavy atom. The molecule has 3 N–H and O–H groups in total. The van der Waals surface area contributed by atoms with Crippen LogP contribution in [-0.4, -0.2) is 13.4 Å². The smallest absolute Gasteiger partial charge is 0.262 e. The highest BCUT2D eigenvalue weighted by atomic mass is 35.5. The van der Waals surface area contributed by atoms with Gasteiger partial charge in [0.1, 0.15) is 5.15 Å². The van der Waals surface area contributed by atoms with E-state index in [2.05, 4.69) is 9.71 Å². The number of nitrogens with two attached hydrogens (primary N) is 1. The van der Waals surface area contributed by atoms with E-state index in [-0.39, 0.29) is 20.9 Å². The van der Waals surface area contributed by atoms with Gasteiger partial charge < -0.3 is 5.73 Å². The molecule has 8 heteroatoms. The Kier molecular flexibility index (Phi) is 4.32. The first-order valence-electron chi connectivity index (χ1n) is 5.92. The summed E-state index contributed by atoms with van der Waals surface area (Å²) in [6.07, 6.45) is 0. The molecule has 2 aromatic rings. The molecule has 0 amide bonds. The van der Waals surface area contributed by atoms with E-state index in [1.165, 1.54) is 18.2 Å². The average Bonchev–Trinajstić information content (AvgIpc) is 2.37. The summed E-state index contributed by atoms with van der Waals surface area (Å²) in [7, 11) is -3.81. The molecule has 0 aliphatic heterocycles. The number of nitrogen functional groups attached to an aromatic ring is 1. The van der Waals surface area contributed by atoms with Crippen LogP contribution in [0.15, 0.2) is 29.2 Å². The molecule has 0 aliphatic rings. The summed E-state index contributed by atoms with van der Waals surface area (Å²) in [4.78, 5) is 3.88. The number of hydrogen-bond acceptors (Lipinski definition) is 4. The first kappa shape index (κ1) is 15.9. The lowest BCUT2D eigenvalue weighted by molar-refractivity contribution is 0.601. The van der Waals surface area contributed by atoms with Gasteiger partial charge in [-0.05, 0) is 43.2 Å². The van der Waals surface area contributed by atoms with Gasteiger partial charge in [0, 0.05) is 5.69 Å². The second-order valence-corrected chi connectivity index (χ2v) is 6.98. The van der Waals surface area contributed by atoms with Crippen molar-refractivity contribution >= 4 is 44.6 Å². The van der Waals surface area contributed by atoms with Crippen molar-refractivity contribution in [1.82, 2.24) is 4.98 Å². The zero-order valence-corrected chi connectivity index (χ0v) is 13.6. The molecule has 0 saturated carbocycles. The van der Waals surface area contributed by atoms with E-state index >= 15 is 0 Å². The SMILES string of the molecule is Cc1ccc(S(=O)(=O)Nc2c(C)cc(Cl)nc2Cl)cc1N. The third kappa shape index (κ3) is 3.40. The zero-order chi connectivity index (χ0) is 15.8. The van der Waals surface area contributed by atoms with Crippen LogP contribution in [0.4, 0.5) is 11.4 Å². The van der Waals surface area contributed by atoms with Gasteiger partial charge >= 0.3 is 0 Å². The summed E-state index contributed by atoms with van der Waals surface area (Å²) in [5.74, 6) is 0. The first-order chi connectivity index (χ1) is 9.70. The van der Waals surface area contributed by atoms with Gasteiger partial charge in [-0.25, -0.2) is 13.4 Å². The molecule has 0 radical (unpaired) electrons. The molecule has 0 spiro atoms. The lowest BCUT2D eigenvalue weighted by atomic mass is 10.2. The molecule has 0 unspecified atom stereocenters. The number of aryl methyl sites for hydroxylation is 2. The number of aromatic nitrogens is 1. The monoisotopic (exact) mass is 345 g/mol. The number of hydrogen-bond donors (Lipinski definition) is 2. The number of halogens is 2. The van der Waals surface area contributed by atoms with E-state index in [0.717, 1.165) is 5.56 Å². The molecule has 0 saturated heterocycles. The number of nitrogens with one attached hydrogen (secondary N) is 1. The number of pyridine rings is 1. The van der Waals surface area contributed by atoms with Crippen LogP contribution in [0.1, 0.15) is 11.1 Å². The molecule has 5 nitrogen and oxygen atoms in total. The largest absolute Gasteiger partial charge is 0.398 e. The molecule has 21 heavy (non-hydrogen) atoms. The molecule has 0 aliphatic carbocycles. The van der Waals surface area contributed by atoms with Crippen molar-refractivity contribution in [2.75, 3.05) is 10.5 Å². The van der Waals surface area contributed by atoms with Crippen LogP contribution in [0.2, 0.25) is 10.3 Å². The van der Waals surface area contributed by atoms with Gasteiger partial charge in [0.05, 0.1) is 10.6 Å². The molecule has 1 aromatic heterocycles. The van der Waals surface area contributed by atoms with Gasteiger partial charge in [-0.3, -0.25) is 4.72 Å². The van der Waals surface area contributed by atoms with Crippen molar-refractivity contribution in [2.45, 2.75) is 18.7 Å². The normalized spacial score (nSPS) is 11.4. The van der Waals surface area contributed by atoms with Crippen LogP contribution < -0.4 is 10.5 Å². The van der Waals surface area contributed by atoms with Crippen LogP contribution in [0.3, 0.4) is 0 Å². The van der Waals surface area contributed by atoms with Gasteiger partial charge in [0.15, 0.2) is 5.15 Å². The molecule has 1 heterocycles. The third-order valence-corrected chi connectivity index (χ3v) is 4.75. The molecule has 0 bridgehead atoms. The fourth-order valence-electron chi connectivity index (χ4n) is 1.70. The fourth-order valence-corrected chi connectivity index (χ4v) is 3.51. The maximum atomic E-state index is 12.4. The molecule has 112 valence electrons. The highest BCUT2D eigenvalue weighted by Gasteiger charge is 2.19. The van der Waals surface area contributed by atoms with Gasteiger partial charge in [0.25, 0.3) is 10.0 Å². The topological polar surface area (TPSA) is 85.1 Å². The van der Waals surface area contributed by atoms with Crippen molar-refractivity contribution in [3.63, 3.8) is 0 Å². The zero-order valence-electron chi connectivity index (χ0n) is 11.3. The van der Waals surface area contributed by atoms with Gasteiger partial charge in [0.2, 0.25) is 0 Å². The van der Waals surface area contributed by atoms with Crippen molar-refractivity contribution in [2.24, 2.45) is 0 Å². The Morgan fingerprint density at radius 1 is 1.14 bits per heavy atom. The van der Waals surface area contributed by atoms with Crippen LogP contribution in [-0.2, 0) is 10.0 Å². The lowest BCUT2D eigenvalue weighted by Gasteiger charge is -2.13. The minimum absolute atomic E-state index is 0.0105. The van der Waals surface area contributed by atoms with Crippen LogP contribution in [0, 0.1) is 13.8 Å². The summed E-state index contributed by atoms with van der Waals surface area (Å²) in [5.41, 5.74) is 7.71. The molecule has 0 fully saturated rings. The molecular weight excluding hydrogens is 333 g/mol. The summed E-state index contributed by atoms with van der Waals surface area (Å²) < 4.78 is 27.1. The summed E-state index contributed by atoms with van der Waals surface area (Å²) >= 11 is 11.7. The maximum Gasteiger partial charge on any atom is 0.262 e. The summed E-state index contributed by atoms with van der Waals surface area (Å²) in [6.45, 7) is 3.48. The average molecular weight is 346 g/mol. The number of nitrogens with zero attached hydrogens (tertiary/aromatic N) is 1. The molecule has 1 aromatic carbocycles. The van der Waals surface area contributed by atoms with Gasteiger partial charge in [-0.15, -0.1) is 0 Å². The van der Waals surface area contributed by atoms with Crippen molar-refractivity contribution in [3.05, 3.63) is 45.7 Å². The van der Waals surface area contributed by atoms with E-state index in [9.17, 15) is 8.42 Å². The standard InChI is InChI=1S/C13H13Cl2N3O2S/c1-7-3-4-9(6-10(7)16)21(19,20)18-12-8(2)5-11(14)17-13(12)15/h3-6,18H,16H2,1-2H3. The number of anilines is 2. The minimum Gasteiger partial charge on any atom is -0.398 e. The van der Waals surface area contributed by atoms with E-state index < -0.39 is 10.0 Å². The van der Waals surface area contributed by atoms with E-state index in [4.69, 9.17) is 28.9 Å². The highest BCUT2D eigenvalue weighted by molar-refractivity contribution is 7.92. The molecule has 2 rings (SSSR count). The van der Waals surface area contributed by atoms with Crippen LogP contribution in [0.5, 0.6) is 0 Å². The summed E-state index contributed by atoms with van der Waals surface area (Å²) in [5, 5.41) is 0.184. The second-order valence-electron chi connectivity index (χ2n) is 4.55. The Balaban J connectivity index is 2.44. The van der Waals surface area contributed by atoms with Crippen molar-refractivity contribution < 1.29 is 8.42 Å². The first-order valence-corrected chi connectivity index (χ1v) is 8.16. The second kappa shape index (κ2) is 5.71. The Labute approximate surface area is 133 Å². The predicted molar refractivity (Wildman–Crippen MR) is 85.4 cm³/mol. The number of rotatable bonds is 3. The van der Waals surface area contributed by atoms with Crippen LogP contribution >= 0.6 is 23.2 Å². The Hall–Kier alpha value is -1.50. The molecular formula is C13H13Cl2N3O2S. The van der Waals surface area contributed by atoms with Crippen molar-refractivity contribution in [3.8, 4) is 0 Å². The lowest BCUT2D eigenvalue weighted by Crippen LogP contribution is -2.15. The Morgan fingerprint density at radius 3 is 2.38 bits per heavy atom. The van der Waals surface area contributed by atoms with Crippen molar-refractivity contribution in [1.29, 1.82) is 0 Å². The minimum atomic E-state index is -3.81. The third-order valence-electron chi connectivity index (χ3n) is 2.94. The van der Waals surface area contributed by atoms with E-state index in [1.807, 2.05) is 0 Å². The number of sulfonamides is 1.